The lowest BCUT2D eigenvalue weighted by Gasteiger charge is -2.11. The molecule has 0 spiro atoms. The van der Waals surface area contributed by atoms with Gasteiger partial charge >= 0.3 is 0 Å². The van der Waals surface area contributed by atoms with Crippen LogP contribution in [0.3, 0.4) is 0 Å². The summed E-state index contributed by atoms with van der Waals surface area (Å²) in [4.78, 5) is 0. The van der Waals surface area contributed by atoms with Crippen molar-refractivity contribution in [2.45, 2.75) is 0 Å². The van der Waals surface area contributed by atoms with Crippen molar-refractivity contribution in [1.29, 1.82) is 0 Å². The Kier molecular flexibility index (Phi) is 6.28. The molecule has 242 valence electrons. The largest absolute Gasteiger partial charge is 0.309 e. The van der Waals surface area contributed by atoms with Crippen LogP contribution < -0.4 is 0 Å². The molecule has 0 saturated carbocycles. The summed E-state index contributed by atoms with van der Waals surface area (Å²) in [7, 11) is 0. The minimum Gasteiger partial charge on any atom is -0.309 e. The fraction of sp³-hybridized carbons (Fsp3) is 0. The van der Waals surface area contributed by atoms with E-state index in [-0.39, 0.29) is 0 Å². The molecular formula is C50H32N2. The van der Waals surface area contributed by atoms with Crippen molar-refractivity contribution in [3.8, 4) is 33.6 Å². The van der Waals surface area contributed by atoms with E-state index in [2.05, 4.69) is 203 Å². The molecular weight excluding hydrogens is 629 g/mol. The molecule has 0 fully saturated rings. The number of fused-ring (bicyclic) bond motifs is 9. The summed E-state index contributed by atoms with van der Waals surface area (Å²) in [5.74, 6) is 0. The second kappa shape index (κ2) is 11.3. The van der Waals surface area contributed by atoms with Crippen LogP contribution in [-0.2, 0) is 0 Å². The molecule has 0 aliphatic heterocycles. The Bertz CT molecular complexity index is 2950. The highest BCUT2D eigenvalue weighted by molar-refractivity contribution is 6.29. The van der Waals surface area contributed by atoms with Gasteiger partial charge in [-0.05, 0) is 104 Å². The molecule has 2 heteroatoms. The molecule has 11 rings (SSSR count). The Morgan fingerprint density at radius 3 is 1.08 bits per heavy atom. The maximum Gasteiger partial charge on any atom is 0.0548 e. The fourth-order valence-corrected chi connectivity index (χ4v) is 8.43. The van der Waals surface area contributed by atoms with E-state index < -0.39 is 0 Å². The van der Waals surface area contributed by atoms with E-state index in [1.54, 1.807) is 0 Å². The molecule has 0 amide bonds. The minimum atomic E-state index is 1.16. The van der Waals surface area contributed by atoms with Gasteiger partial charge in [-0.1, -0.05) is 133 Å². The van der Waals surface area contributed by atoms with E-state index in [0.717, 1.165) is 11.4 Å². The predicted molar refractivity (Wildman–Crippen MR) is 221 cm³/mol. The molecule has 11 aromatic rings. The summed E-state index contributed by atoms with van der Waals surface area (Å²) in [6.45, 7) is 0. The van der Waals surface area contributed by atoms with Crippen molar-refractivity contribution in [2.75, 3.05) is 0 Å². The zero-order valence-electron chi connectivity index (χ0n) is 28.4. The molecule has 0 unspecified atom stereocenters. The van der Waals surface area contributed by atoms with Crippen LogP contribution in [0.5, 0.6) is 0 Å². The minimum absolute atomic E-state index is 1.16. The van der Waals surface area contributed by atoms with Crippen LogP contribution in [0.1, 0.15) is 0 Å². The summed E-state index contributed by atoms with van der Waals surface area (Å²) in [6.07, 6.45) is 0. The number of rotatable bonds is 4. The zero-order valence-corrected chi connectivity index (χ0v) is 28.4. The van der Waals surface area contributed by atoms with E-state index in [9.17, 15) is 0 Å². The standard InChI is InChI=1S/C50H32N2/c1-3-11-33(12-4-1)39-21-25-45-43(31-39)49-47(51(45)41-23-19-35-15-7-9-17-37(35)29-41)27-28-48-50(49)44-32-40(34-13-5-2-6-14-34)22-26-46(44)52(48)42-24-20-36-16-8-10-18-38(36)30-42/h1-32H. The van der Waals surface area contributed by atoms with Crippen LogP contribution in [0.2, 0.25) is 0 Å². The Hall–Kier alpha value is -6.90. The SMILES string of the molecule is c1ccc(-c2ccc3c(c2)c2c4c5cc(-c6ccccc6)ccc5n(-c5ccc6ccccc6c5)c4ccc2n3-c2ccc3ccccc3c2)cc1. The predicted octanol–water partition coefficient (Wildman–Crippen LogP) is 13.5. The molecule has 2 heterocycles. The second-order valence-electron chi connectivity index (χ2n) is 13.8. The van der Waals surface area contributed by atoms with Gasteiger partial charge in [-0.2, -0.15) is 0 Å². The van der Waals surface area contributed by atoms with Crippen molar-refractivity contribution in [3.05, 3.63) is 194 Å². The Morgan fingerprint density at radius 1 is 0.250 bits per heavy atom. The lowest BCUT2D eigenvalue weighted by molar-refractivity contribution is 1.18. The van der Waals surface area contributed by atoms with Gasteiger partial charge in [0.15, 0.2) is 0 Å². The normalized spacial score (nSPS) is 11.8. The topological polar surface area (TPSA) is 9.86 Å². The molecule has 0 bridgehead atoms. The molecule has 52 heavy (non-hydrogen) atoms. The molecule has 0 aliphatic rings. The average molecular weight is 661 g/mol. The van der Waals surface area contributed by atoms with Crippen LogP contribution in [0.25, 0.3) is 98.8 Å². The maximum absolute atomic E-state index is 2.46. The van der Waals surface area contributed by atoms with Crippen LogP contribution in [-0.4, -0.2) is 9.13 Å². The van der Waals surface area contributed by atoms with Gasteiger partial charge in [0.2, 0.25) is 0 Å². The van der Waals surface area contributed by atoms with E-state index in [4.69, 9.17) is 0 Å². The van der Waals surface area contributed by atoms with Gasteiger partial charge in [-0.15, -0.1) is 0 Å². The Morgan fingerprint density at radius 2 is 0.635 bits per heavy atom. The number of hydrogen-bond acceptors (Lipinski definition) is 0. The van der Waals surface area contributed by atoms with E-state index >= 15 is 0 Å². The summed E-state index contributed by atoms with van der Waals surface area (Å²) in [5.41, 5.74) is 12.0. The maximum atomic E-state index is 2.46. The van der Waals surface area contributed by atoms with E-state index in [1.807, 2.05) is 0 Å². The lowest BCUT2D eigenvalue weighted by atomic mass is 9.99. The van der Waals surface area contributed by atoms with Gasteiger partial charge in [0.1, 0.15) is 0 Å². The van der Waals surface area contributed by atoms with Crippen LogP contribution in [0.4, 0.5) is 0 Å². The second-order valence-corrected chi connectivity index (χ2v) is 13.8. The monoisotopic (exact) mass is 660 g/mol. The van der Waals surface area contributed by atoms with Gasteiger partial charge in [-0.3, -0.25) is 0 Å². The zero-order chi connectivity index (χ0) is 34.2. The van der Waals surface area contributed by atoms with Gasteiger partial charge in [0.25, 0.3) is 0 Å². The van der Waals surface area contributed by atoms with E-state index in [1.165, 1.54) is 87.4 Å². The molecule has 0 atom stereocenters. The number of aromatic nitrogens is 2. The quantitative estimate of drug-likeness (QED) is 0.178. The third-order valence-electron chi connectivity index (χ3n) is 10.9. The first-order valence-corrected chi connectivity index (χ1v) is 17.9. The molecule has 2 aromatic heterocycles. The Balaban J connectivity index is 1.31. The van der Waals surface area contributed by atoms with Crippen LogP contribution in [0.15, 0.2) is 194 Å². The first-order valence-electron chi connectivity index (χ1n) is 17.9. The van der Waals surface area contributed by atoms with Gasteiger partial charge in [0.05, 0.1) is 22.1 Å². The third kappa shape index (κ3) is 4.38. The number of nitrogens with zero attached hydrogens (tertiary/aromatic N) is 2. The summed E-state index contributed by atoms with van der Waals surface area (Å²) < 4.78 is 4.93. The van der Waals surface area contributed by atoms with E-state index in [0.29, 0.717) is 0 Å². The molecule has 0 aliphatic carbocycles. The number of benzene rings is 9. The van der Waals surface area contributed by atoms with Gasteiger partial charge < -0.3 is 9.13 Å². The smallest absolute Gasteiger partial charge is 0.0548 e. The first-order chi connectivity index (χ1) is 25.8. The first kappa shape index (κ1) is 28.9. The highest BCUT2D eigenvalue weighted by Gasteiger charge is 2.22. The summed E-state index contributed by atoms with van der Waals surface area (Å²) in [5, 5.41) is 9.99. The van der Waals surface area contributed by atoms with Crippen LogP contribution in [0, 0.1) is 0 Å². The highest BCUT2D eigenvalue weighted by Crippen LogP contribution is 2.44. The highest BCUT2D eigenvalue weighted by atomic mass is 15.0. The van der Waals surface area contributed by atoms with Crippen molar-refractivity contribution >= 4 is 65.2 Å². The molecule has 9 aromatic carbocycles. The van der Waals surface area contributed by atoms with Crippen molar-refractivity contribution in [1.82, 2.24) is 9.13 Å². The fourth-order valence-electron chi connectivity index (χ4n) is 8.43. The van der Waals surface area contributed by atoms with Gasteiger partial charge in [0, 0.05) is 32.9 Å². The molecule has 0 saturated heterocycles. The molecule has 2 nitrogen and oxygen atoms in total. The summed E-state index contributed by atoms with van der Waals surface area (Å²) in [6, 6.07) is 71.1. The third-order valence-corrected chi connectivity index (χ3v) is 10.9. The molecule has 0 radical (unpaired) electrons. The van der Waals surface area contributed by atoms with Crippen LogP contribution >= 0.6 is 0 Å². The lowest BCUT2D eigenvalue weighted by Crippen LogP contribution is -1.95. The van der Waals surface area contributed by atoms with Crippen molar-refractivity contribution < 1.29 is 0 Å². The molecule has 0 N–H and O–H groups in total. The number of hydrogen-bond donors (Lipinski definition) is 0. The average Bonchev–Trinajstić information content (AvgIpc) is 3.73. The van der Waals surface area contributed by atoms with Crippen molar-refractivity contribution in [2.24, 2.45) is 0 Å². The Labute approximate surface area is 301 Å². The van der Waals surface area contributed by atoms with Gasteiger partial charge in [-0.25, -0.2) is 0 Å². The summed E-state index contributed by atoms with van der Waals surface area (Å²) >= 11 is 0. The van der Waals surface area contributed by atoms with Crippen molar-refractivity contribution in [3.63, 3.8) is 0 Å².